The Morgan fingerprint density at radius 2 is 2.23 bits per heavy atom. The Morgan fingerprint density at radius 3 is 2.62 bits per heavy atom. The van der Waals surface area contributed by atoms with E-state index in [1.807, 2.05) is 0 Å². The zero-order valence-corrected chi connectivity index (χ0v) is 9.45. The molecule has 1 saturated heterocycles. The lowest BCUT2D eigenvalue weighted by Crippen LogP contribution is -2.49. The molecule has 2 unspecified atom stereocenters. The van der Waals surface area contributed by atoms with E-state index in [1.54, 1.807) is 6.26 Å². The maximum Gasteiger partial charge on any atom is 0.0554 e. The Morgan fingerprint density at radius 1 is 1.62 bits per heavy atom. The van der Waals surface area contributed by atoms with E-state index in [1.165, 1.54) is 0 Å². The molecule has 0 bridgehead atoms. The molecule has 1 rings (SSSR count). The van der Waals surface area contributed by atoms with E-state index in [0.29, 0.717) is 11.5 Å². The standard InChI is InChI=1S/C9H19NO2S/c1-8(4-13(3)11)10-5-9(2)6-12-7-9/h8,10H,4-7H2,1-3H3. The van der Waals surface area contributed by atoms with Crippen molar-refractivity contribution in [1.29, 1.82) is 0 Å². The molecule has 0 spiro atoms. The van der Waals surface area contributed by atoms with Crippen LogP contribution in [0.4, 0.5) is 0 Å². The van der Waals surface area contributed by atoms with Crippen molar-refractivity contribution in [2.75, 3.05) is 31.8 Å². The zero-order chi connectivity index (χ0) is 9.90. The summed E-state index contributed by atoms with van der Waals surface area (Å²) in [5.41, 5.74) is 0.309. The summed E-state index contributed by atoms with van der Waals surface area (Å²) in [7, 11) is -0.702. The summed E-state index contributed by atoms with van der Waals surface area (Å²) in [6.45, 7) is 6.94. The first-order valence-corrected chi connectivity index (χ1v) is 6.36. The van der Waals surface area contributed by atoms with Gasteiger partial charge in [-0.15, -0.1) is 0 Å². The van der Waals surface area contributed by atoms with Crippen molar-refractivity contribution in [2.24, 2.45) is 5.41 Å². The highest BCUT2D eigenvalue weighted by Crippen LogP contribution is 2.25. The van der Waals surface area contributed by atoms with Crippen molar-refractivity contribution >= 4 is 10.8 Å². The molecule has 1 N–H and O–H groups in total. The van der Waals surface area contributed by atoms with Crippen LogP contribution in [-0.2, 0) is 15.5 Å². The van der Waals surface area contributed by atoms with Crippen molar-refractivity contribution in [3.8, 4) is 0 Å². The fourth-order valence-electron chi connectivity index (χ4n) is 1.38. The minimum Gasteiger partial charge on any atom is -0.380 e. The predicted molar refractivity (Wildman–Crippen MR) is 55.3 cm³/mol. The summed E-state index contributed by atoms with van der Waals surface area (Å²) < 4.78 is 16.1. The van der Waals surface area contributed by atoms with Crippen LogP contribution in [0.5, 0.6) is 0 Å². The van der Waals surface area contributed by atoms with Crippen LogP contribution in [0.25, 0.3) is 0 Å². The van der Waals surface area contributed by atoms with E-state index in [9.17, 15) is 4.21 Å². The molecule has 0 aromatic heterocycles. The molecule has 4 heteroatoms. The largest absolute Gasteiger partial charge is 0.380 e. The molecule has 2 atom stereocenters. The van der Waals surface area contributed by atoms with Crippen molar-refractivity contribution < 1.29 is 8.95 Å². The van der Waals surface area contributed by atoms with Gasteiger partial charge in [0.25, 0.3) is 0 Å². The van der Waals surface area contributed by atoms with Gasteiger partial charge >= 0.3 is 0 Å². The Balaban J connectivity index is 2.14. The lowest BCUT2D eigenvalue weighted by atomic mass is 9.88. The molecule has 0 aromatic rings. The van der Waals surface area contributed by atoms with Crippen LogP contribution in [0.2, 0.25) is 0 Å². The number of hydrogen-bond donors (Lipinski definition) is 1. The molecular weight excluding hydrogens is 186 g/mol. The Labute approximate surface area is 82.7 Å². The highest BCUT2D eigenvalue weighted by atomic mass is 32.2. The van der Waals surface area contributed by atoms with Gasteiger partial charge in [-0.2, -0.15) is 0 Å². The smallest absolute Gasteiger partial charge is 0.0554 e. The molecule has 1 aliphatic rings. The van der Waals surface area contributed by atoms with Gasteiger partial charge in [0, 0.05) is 40.8 Å². The second kappa shape index (κ2) is 4.53. The molecule has 1 fully saturated rings. The molecule has 0 aromatic carbocycles. The van der Waals surface area contributed by atoms with Crippen LogP contribution in [0, 0.1) is 5.41 Å². The zero-order valence-electron chi connectivity index (χ0n) is 8.63. The third-order valence-electron chi connectivity index (χ3n) is 2.26. The van der Waals surface area contributed by atoms with Crippen molar-refractivity contribution in [3.05, 3.63) is 0 Å². The molecule has 13 heavy (non-hydrogen) atoms. The fourth-order valence-corrected chi connectivity index (χ4v) is 2.21. The maximum absolute atomic E-state index is 10.9. The third kappa shape index (κ3) is 3.75. The third-order valence-corrected chi connectivity index (χ3v) is 3.23. The first-order valence-electron chi connectivity index (χ1n) is 4.63. The monoisotopic (exact) mass is 205 g/mol. The summed E-state index contributed by atoms with van der Waals surface area (Å²) in [5.74, 6) is 0.733. The summed E-state index contributed by atoms with van der Waals surface area (Å²) in [6, 6.07) is 0.336. The van der Waals surface area contributed by atoms with Gasteiger partial charge in [0.1, 0.15) is 0 Å². The average molecular weight is 205 g/mol. The molecule has 1 aliphatic heterocycles. The van der Waals surface area contributed by atoms with Gasteiger partial charge in [0.05, 0.1) is 13.2 Å². The topological polar surface area (TPSA) is 38.3 Å². The quantitative estimate of drug-likeness (QED) is 0.705. The van der Waals surface area contributed by atoms with Crippen molar-refractivity contribution in [3.63, 3.8) is 0 Å². The predicted octanol–water partition coefficient (Wildman–Crippen LogP) is 0.379. The molecule has 1 heterocycles. The second-order valence-corrected chi connectivity index (χ2v) is 5.80. The van der Waals surface area contributed by atoms with Gasteiger partial charge in [0.2, 0.25) is 0 Å². The molecule has 78 valence electrons. The molecule has 0 saturated carbocycles. The summed E-state index contributed by atoms with van der Waals surface area (Å²) in [5, 5.41) is 3.38. The van der Waals surface area contributed by atoms with E-state index < -0.39 is 10.8 Å². The highest BCUT2D eigenvalue weighted by molar-refractivity contribution is 7.84. The van der Waals surface area contributed by atoms with Crippen molar-refractivity contribution in [1.82, 2.24) is 5.32 Å². The van der Waals surface area contributed by atoms with Gasteiger partial charge in [-0.25, -0.2) is 0 Å². The SMILES string of the molecule is CC(CS(C)=O)NCC1(C)COC1. The van der Waals surface area contributed by atoms with E-state index in [-0.39, 0.29) is 0 Å². The Kier molecular flexibility index (Phi) is 3.88. The first kappa shape index (κ1) is 11.1. The van der Waals surface area contributed by atoms with Crippen LogP contribution in [0.3, 0.4) is 0 Å². The molecule has 0 amide bonds. The van der Waals surface area contributed by atoms with Crippen LogP contribution in [0.1, 0.15) is 13.8 Å². The average Bonchev–Trinajstić information content (AvgIpc) is 1.96. The minimum absolute atomic E-state index is 0.309. The van der Waals surface area contributed by atoms with Crippen LogP contribution >= 0.6 is 0 Å². The molecule has 0 radical (unpaired) electrons. The van der Waals surface area contributed by atoms with Gasteiger partial charge in [-0.05, 0) is 6.92 Å². The molecular formula is C9H19NO2S. The van der Waals surface area contributed by atoms with E-state index in [2.05, 4.69) is 19.2 Å². The minimum atomic E-state index is -0.702. The van der Waals surface area contributed by atoms with E-state index in [0.717, 1.165) is 25.5 Å². The maximum atomic E-state index is 10.9. The fraction of sp³-hybridized carbons (Fsp3) is 1.00. The number of ether oxygens (including phenoxy) is 1. The van der Waals surface area contributed by atoms with E-state index >= 15 is 0 Å². The lowest BCUT2D eigenvalue weighted by Gasteiger charge is -2.39. The number of hydrogen-bond acceptors (Lipinski definition) is 3. The summed E-state index contributed by atoms with van der Waals surface area (Å²) in [6.07, 6.45) is 1.74. The van der Waals surface area contributed by atoms with Crippen molar-refractivity contribution in [2.45, 2.75) is 19.9 Å². The van der Waals surface area contributed by atoms with E-state index in [4.69, 9.17) is 4.74 Å². The van der Waals surface area contributed by atoms with Crippen LogP contribution < -0.4 is 5.32 Å². The number of nitrogens with one attached hydrogen (secondary N) is 1. The van der Waals surface area contributed by atoms with Gasteiger partial charge in [-0.1, -0.05) is 6.92 Å². The Bertz CT molecular complexity index is 192. The normalized spacial score (nSPS) is 24.8. The summed E-state index contributed by atoms with van der Waals surface area (Å²) >= 11 is 0. The second-order valence-electron chi connectivity index (χ2n) is 4.33. The summed E-state index contributed by atoms with van der Waals surface area (Å²) in [4.78, 5) is 0. The highest BCUT2D eigenvalue weighted by Gasteiger charge is 2.33. The Hall–Kier alpha value is 0.0700. The first-order chi connectivity index (χ1) is 6.02. The molecule has 0 aliphatic carbocycles. The van der Waals surface area contributed by atoms with Gasteiger partial charge in [0.15, 0.2) is 0 Å². The number of rotatable bonds is 5. The van der Waals surface area contributed by atoms with Crippen LogP contribution in [0.15, 0.2) is 0 Å². The lowest BCUT2D eigenvalue weighted by molar-refractivity contribution is -0.0996. The molecule has 3 nitrogen and oxygen atoms in total. The van der Waals surface area contributed by atoms with Crippen LogP contribution in [-0.4, -0.2) is 42.0 Å². The van der Waals surface area contributed by atoms with Gasteiger partial charge in [-0.3, -0.25) is 4.21 Å². The van der Waals surface area contributed by atoms with Gasteiger partial charge < -0.3 is 10.1 Å².